The molecule has 0 radical (unpaired) electrons. The Balaban J connectivity index is 2.16. The van der Waals surface area contributed by atoms with Crippen LogP contribution in [-0.2, 0) is 4.79 Å². The van der Waals surface area contributed by atoms with Crippen molar-refractivity contribution in [1.29, 1.82) is 0 Å². The number of halogens is 2. The van der Waals surface area contributed by atoms with Gasteiger partial charge >= 0.3 is 0 Å². The molecule has 0 aliphatic heterocycles. The van der Waals surface area contributed by atoms with Gasteiger partial charge in [0, 0.05) is 21.8 Å². The normalized spacial score (nSPS) is 11.7. The van der Waals surface area contributed by atoms with Crippen LogP contribution in [0.4, 0.5) is 11.4 Å². The summed E-state index contributed by atoms with van der Waals surface area (Å²) in [4.78, 5) is 35.4. The van der Waals surface area contributed by atoms with E-state index < -0.39 is 16.9 Å². The van der Waals surface area contributed by atoms with E-state index in [9.17, 15) is 19.7 Å². The van der Waals surface area contributed by atoms with E-state index >= 15 is 0 Å². The maximum Gasteiger partial charge on any atom is 0.288 e. The van der Waals surface area contributed by atoms with E-state index in [-0.39, 0.29) is 28.1 Å². The van der Waals surface area contributed by atoms with Crippen LogP contribution in [0.2, 0.25) is 5.02 Å². The molecule has 2 N–H and O–H groups in total. The van der Waals surface area contributed by atoms with E-state index in [0.29, 0.717) is 5.69 Å². The van der Waals surface area contributed by atoms with Gasteiger partial charge in [0.15, 0.2) is 0 Å². The largest absolute Gasteiger partial charge is 0.340 e. The maximum atomic E-state index is 12.6. The molecule has 0 spiro atoms. The Morgan fingerprint density at radius 2 is 1.78 bits per heavy atom. The van der Waals surface area contributed by atoms with Crippen LogP contribution in [0.25, 0.3) is 0 Å². The number of anilines is 1. The number of benzene rings is 2. The highest BCUT2D eigenvalue weighted by atomic mass is 79.9. The number of rotatable bonds is 6. The predicted molar refractivity (Wildman–Crippen MR) is 107 cm³/mol. The van der Waals surface area contributed by atoms with E-state index in [0.717, 1.165) is 10.5 Å². The van der Waals surface area contributed by atoms with Gasteiger partial charge in [-0.3, -0.25) is 19.7 Å². The first kappa shape index (κ1) is 20.9. The van der Waals surface area contributed by atoms with Crippen molar-refractivity contribution in [2.75, 3.05) is 5.32 Å². The lowest BCUT2D eigenvalue weighted by atomic mass is 10.0. The molecule has 7 nitrogen and oxygen atoms in total. The molecule has 0 heterocycles. The lowest BCUT2D eigenvalue weighted by Gasteiger charge is -2.22. The third-order valence-electron chi connectivity index (χ3n) is 3.75. The second kappa shape index (κ2) is 8.96. The summed E-state index contributed by atoms with van der Waals surface area (Å²) in [6.07, 6.45) is 0. The molecule has 0 aromatic heterocycles. The number of nitrogens with one attached hydrogen (secondary N) is 2. The molecular formula is C18H17BrClN3O4. The number of carbonyl (C=O) groups excluding carboxylic acids is 2. The van der Waals surface area contributed by atoms with Gasteiger partial charge in [-0.15, -0.1) is 0 Å². The fraction of sp³-hybridized carbons (Fsp3) is 0.222. The summed E-state index contributed by atoms with van der Waals surface area (Å²) >= 11 is 9.08. The van der Waals surface area contributed by atoms with Crippen LogP contribution in [0.1, 0.15) is 24.2 Å². The maximum absolute atomic E-state index is 12.6. The lowest BCUT2D eigenvalue weighted by molar-refractivity contribution is -0.384. The molecule has 2 aromatic rings. The highest BCUT2D eigenvalue weighted by molar-refractivity contribution is 9.10. The van der Waals surface area contributed by atoms with Crippen LogP contribution >= 0.6 is 27.5 Å². The summed E-state index contributed by atoms with van der Waals surface area (Å²) < 4.78 is 0.874. The average molecular weight is 455 g/mol. The monoisotopic (exact) mass is 453 g/mol. The molecule has 0 aliphatic carbocycles. The zero-order chi connectivity index (χ0) is 20.1. The molecule has 9 heteroatoms. The van der Waals surface area contributed by atoms with Crippen molar-refractivity contribution in [1.82, 2.24) is 5.32 Å². The van der Waals surface area contributed by atoms with Gasteiger partial charge in [-0.25, -0.2) is 0 Å². The zero-order valence-electron chi connectivity index (χ0n) is 14.5. The lowest BCUT2D eigenvalue weighted by Crippen LogP contribution is -2.47. The Hall–Kier alpha value is -2.45. The van der Waals surface area contributed by atoms with Gasteiger partial charge in [0.2, 0.25) is 5.91 Å². The molecule has 142 valence electrons. The fourth-order valence-electron chi connectivity index (χ4n) is 2.31. The quantitative estimate of drug-likeness (QED) is 0.499. The van der Waals surface area contributed by atoms with Crippen molar-refractivity contribution in [2.24, 2.45) is 5.92 Å². The summed E-state index contributed by atoms with van der Waals surface area (Å²) in [5, 5.41) is 16.3. The van der Waals surface area contributed by atoms with Gasteiger partial charge in [-0.1, -0.05) is 41.4 Å². The molecule has 0 saturated heterocycles. The summed E-state index contributed by atoms with van der Waals surface area (Å²) in [5.74, 6) is -1.18. The van der Waals surface area contributed by atoms with E-state index in [4.69, 9.17) is 11.6 Å². The van der Waals surface area contributed by atoms with Crippen LogP contribution in [0.3, 0.4) is 0 Å². The van der Waals surface area contributed by atoms with E-state index in [2.05, 4.69) is 26.6 Å². The molecule has 0 fully saturated rings. The third kappa shape index (κ3) is 5.51. The Kier molecular flexibility index (Phi) is 6.92. The van der Waals surface area contributed by atoms with E-state index in [1.54, 1.807) is 38.1 Å². The second-order valence-corrected chi connectivity index (χ2v) is 7.44. The molecule has 1 atom stereocenters. The Morgan fingerprint density at radius 3 is 2.33 bits per heavy atom. The molecule has 0 aliphatic rings. The smallest absolute Gasteiger partial charge is 0.288 e. The molecule has 2 rings (SSSR count). The minimum Gasteiger partial charge on any atom is -0.340 e. The minimum atomic E-state index is -0.823. The molecular weight excluding hydrogens is 438 g/mol. The predicted octanol–water partition coefficient (Wildman–Crippen LogP) is 4.40. The van der Waals surface area contributed by atoms with Gasteiger partial charge in [-0.05, 0) is 42.3 Å². The van der Waals surface area contributed by atoms with Crippen molar-refractivity contribution in [3.63, 3.8) is 0 Å². The molecule has 2 aromatic carbocycles. The van der Waals surface area contributed by atoms with Crippen molar-refractivity contribution in [3.8, 4) is 0 Å². The summed E-state index contributed by atoms with van der Waals surface area (Å²) in [6.45, 7) is 3.58. The van der Waals surface area contributed by atoms with Crippen LogP contribution in [0, 0.1) is 16.0 Å². The molecule has 1 unspecified atom stereocenters. The number of amides is 2. The standard InChI is InChI=1S/C18H17BrClN3O4/c1-10(2)16(18(25)21-13-6-4-12(19)5-7-13)22-17(24)11-3-8-14(20)15(9-11)23(26)27/h3-10,16H,1-2H3,(H,21,25)(H,22,24). The zero-order valence-corrected chi connectivity index (χ0v) is 16.9. The van der Waals surface area contributed by atoms with Crippen LogP contribution in [0.15, 0.2) is 46.9 Å². The van der Waals surface area contributed by atoms with Crippen molar-refractivity contribution < 1.29 is 14.5 Å². The summed E-state index contributed by atoms with van der Waals surface area (Å²) in [6, 6.07) is 9.93. The molecule has 27 heavy (non-hydrogen) atoms. The van der Waals surface area contributed by atoms with Gasteiger partial charge in [0.25, 0.3) is 11.6 Å². The van der Waals surface area contributed by atoms with Gasteiger partial charge in [0.1, 0.15) is 11.1 Å². The Morgan fingerprint density at radius 1 is 1.15 bits per heavy atom. The SMILES string of the molecule is CC(C)C(NC(=O)c1ccc(Cl)c([N+](=O)[O-])c1)C(=O)Nc1ccc(Br)cc1. The Bertz CT molecular complexity index is 871. The van der Waals surface area contributed by atoms with Gasteiger partial charge in [0.05, 0.1) is 4.92 Å². The number of nitro benzene ring substituents is 1. The summed E-state index contributed by atoms with van der Waals surface area (Å²) in [5.41, 5.74) is 0.267. The van der Waals surface area contributed by atoms with Crippen molar-refractivity contribution in [2.45, 2.75) is 19.9 Å². The second-order valence-electron chi connectivity index (χ2n) is 6.11. The van der Waals surface area contributed by atoms with Gasteiger partial charge in [-0.2, -0.15) is 0 Å². The first-order valence-corrected chi connectivity index (χ1v) is 9.17. The first-order valence-electron chi connectivity index (χ1n) is 8.00. The molecule has 0 bridgehead atoms. The van der Waals surface area contributed by atoms with Crippen LogP contribution in [-0.4, -0.2) is 22.8 Å². The van der Waals surface area contributed by atoms with Gasteiger partial charge < -0.3 is 10.6 Å². The van der Waals surface area contributed by atoms with E-state index in [1.165, 1.54) is 12.1 Å². The highest BCUT2D eigenvalue weighted by Crippen LogP contribution is 2.25. The van der Waals surface area contributed by atoms with Crippen LogP contribution in [0.5, 0.6) is 0 Å². The number of hydrogen-bond acceptors (Lipinski definition) is 4. The molecule has 0 saturated carbocycles. The highest BCUT2D eigenvalue weighted by Gasteiger charge is 2.26. The minimum absolute atomic E-state index is 0.0493. The number of carbonyl (C=O) groups is 2. The molecule has 2 amide bonds. The van der Waals surface area contributed by atoms with Crippen molar-refractivity contribution >= 4 is 50.7 Å². The third-order valence-corrected chi connectivity index (χ3v) is 4.60. The first-order chi connectivity index (χ1) is 12.7. The fourth-order valence-corrected chi connectivity index (χ4v) is 2.76. The van der Waals surface area contributed by atoms with E-state index in [1.807, 2.05) is 0 Å². The summed E-state index contributed by atoms with van der Waals surface area (Å²) in [7, 11) is 0. The average Bonchev–Trinajstić information content (AvgIpc) is 2.61. The number of hydrogen-bond donors (Lipinski definition) is 2. The van der Waals surface area contributed by atoms with Crippen LogP contribution < -0.4 is 10.6 Å². The number of nitro groups is 1. The van der Waals surface area contributed by atoms with Crippen molar-refractivity contribution in [3.05, 3.63) is 67.6 Å². The number of nitrogens with zero attached hydrogens (tertiary/aromatic N) is 1. The topological polar surface area (TPSA) is 101 Å². The Labute approximate surface area is 169 Å².